The number of amides is 1. The number of anilines is 1. The lowest BCUT2D eigenvalue weighted by atomic mass is 9.87. The van der Waals surface area contributed by atoms with Gasteiger partial charge in [-0.1, -0.05) is 6.92 Å². The van der Waals surface area contributed by atoms with Gasteiger partial charge < -0.3 is 11.1 Å². The molecule has 1 amide bonds. The molecule has 1 saturated carbocycles. The van der Waals surface area contributed by atoms with Crippen LogP contribution < -0.4 is 11.1 Å². The minimum atomic E-state index is -0.522. The van der Waals surface area contributed by atoms with Crippen LogP contribution in [0.25, 0.3) is 0 Å². The molecular formula is C14H19FN2O. The summed E-state index contributed by atoms with van der Waals surface area (Å²) >= 11 is 0. The summed E-state index contributed by atoms with van der Waals surface area (Å²) in [5, 5.41) is 2.89. The first-order valence-electron chi connectivity index (χ1n) is 6.42. The first kappa shape index (κ1) is 12.9. The highest BCUT2D eigenvalue weighted by Gasteiger charge is 2.21. The maximum atomic E-state index is 13.5. The van der Waals surface area contributed by atoms with Gasteiger partial charge in [-0.15, -0.1) is 0 Å². The molecule has 0 aliphatic heterocycles. The molecule has 1 aromatic rings. The predicted molar refractivity (Wildman–Crippen MR) is 69.7 cm³/mol. The molecule has 1 aromatic carbocycles. The van der Waals surface area contributed by atoms with Crippen LogP contribution in [0, 0.1) is 11.7 Å². The van der Waals surface area contributed by atoms with Crippen molar-refractivity contribution in [1.29, 1.82) is 0 Å². The average Bonchev–Trinajstić information content (AvgIpc) is 2.35. The lowest BCUT2D eigenvalue weighted by molar-refractivity contribution is 0.0919. The van der Waals surface area contributed by atoms with Gasteiger partial charge >= 0.3 is 0 Å². The fourth-order valence-corrected chi connectivity index (χ4v) is 2.38. The summed E-state index contributed by atoms with van der Waals surface area (Å²) in [6.45, 7) is 2.22. The van der Waals surface area contributed by atoms with E-state index >= 15 is 0 Å². The molecule has 3 N–H and O–H groups in total. The molecule has 4 heteroatoms. The minimum Gasteiger partial charge on any atom is -0.399 e. The van der Waals surface area contributed by atoms with Crippen molar-refractivity contribution in [3.8, 4) is 0 Å². The number of carbonyl (C=O) groups is 1. The molecule has 0 bridgehead atoms. The lowest BCUT2D eigenvalue weighted by Crippen LogP contribution is -2.37. The van der Waals surface area contributed by atoms with Crippen molar-refractivity contribution in [2.24, 2.45) is 5.92 Å². The summed E-state index contributed by atoms with van der Waals surface area (Å²) in [6.07, 6.45) is 4.17. The smallest absolute Gasteiger partial charge is 0.254 e. The van der Waals surface area contributed by atoms with Crippen LogP contribution in [0.3, 0.4) is 0 Å². The molecule has 0 atom stereocenters. The van der Waals surface area contributed by atoms with Gasteiger partial charge in [0.05, 0.1) is 5.56 Å². The average molecular weight is 250 g/mol. The van der Waals surface area contributed by atoms with Crippen molar-refractivity contribution in [1.82, 2.24) is 5.32 Å². The second-order valence-corrected chi connectivity index (χ2v) is 5.17. The van der Waals surface area contributed by atoms with E-state index in [-0.39, 0.29) is 17.5 Å². The highest BCUT2D eigenvalue weighted by atomic mass is 19.1. The third-order valence-corrected chi connectivity index (χ3v) is 3.59. The van der Waals surface area contributed by atoms with E-state index in [0.29, 0.717) is 5.69 Å². The topological polar surface area (TPSA) is 55.1 Å². The Kier molecular flexibility index (Phi) is 3.84. The summed E-state index contributed by atoms with van der Waals surface area (Å²) in [6, 6.07) is 4.23. The van der Waals surface area contributed by atoms with E-state index in [1.807, 2.05) is 0 Å². The van der Waals surface area contributed by atoms with E-state index in [2.05, 4.69) is 12.2 Å². The van der Waals surface area contributed by atoms with Gasteiger partial charge in [-0.25, -0.2) is 4.39 Å². The van der Waals surface area contributed by atoms with Crippen LogP contribution in [-0.2, 0) is 0 Å². The molecular weight excluding hydrogens is 231 g/mol. The van der Waals surface area contributed by atoms with Crippen LogP contribution in [0.4, 0.5) is 10.1 Å². The molecule has 18 heavy (non-hydrogen) atoms. The zero-order chi connectivity index (χ0) is 13.1. The van der Waals surface area contributed by atoms with Gasteiger partial charge in [0.25, 0.3) is 5.91 Å². The highest BCUT2D eigenvalue weighted by molar-refractivity contribution is 5.95. The van der Waals surface area contributed by atoms with E-state index in [4.69, 9.17) is 5.73 Å². The van der Waals surface area contributed by atoms with Crippen LogP contribution in [0.2, 0.25) is 0 Å². The maximum Gasteiger partial charge on any atom is 0.254 e. The van der Waals surface area contributed by atoms with Gasteiger partial charge in [0.1, 0.15) is 5.82 Å². The summed E-state index contributed by atoms with van der Waals surface area (Å²) in [7, 11) is 0. The Morgan fingerprint density at radius 1 is 1.33 bits per heavy atom. The SMILES string of the molecule is CC1CCC(NC(=O)c2cc(N)ccc2F)CC1. The number of hydrogen-bond donors (Lipinski definition) is 2. The zero-order valence-corrected chi connectivity index (χ0v) is 10.6. The van der Waals surface area contributed by atoms with E-state index < -0.39 is 5.82 Å². The van der Waals surface area contributed by atoms with Gasteiger partial charge in [0.2, 0.25) is 0 Å². The molecule has 0 radical (unpaired) electrons. The van der Waals surface area contributed by atoms with Crippen LogP contribution in [0.5, 0.6) is 0 Å². The van der Waals surface area contributed by atoms with Crippen LogP contribution in [0.1, 0.15) is 43.0 Å². The number of nitrogens with one attached hydrogen (secondary N) is 1. The third-order valence-electron chi connectivity index (χ3n) is 3.59. The molecule has 0 saturated heterocycles. The molecule has 0 heterocycles. The van der Waals surface area contributed by atoms with Gasteiger partial charge in [0, 0.05) is 11.7 Å². The van der Waals surface area contributed by atoms with Crippen molar-refractivity contribution in [2.75, 3.05) is 5.73 Å². The molecule has 1 aliphatic carbocycles. The fraction of sp³-hybridized carbons (Fsp3) is 0.500. The van der Waals surface area contributed by atoms with Crippen LogP contribution in [0.15, 0.2) is 18.2 Å². The Morgan fingerprint density at radius 3 is 2.67 bits per heavy atom. The van der Waals surface area contributed by atoms with Gasteiger partial charge in [-0.3, -0.25) is 4.79 Å². The van der Waals surface area contributed by atoms with Gasteiger partial charge in [-0.05, 0) is 49.8 Å². The Balaban J connectivity index is 2.01. The van der Waals surface area contributed by atoms with Crippen molar-refractivity contribution in [3.63, 3.8) is 0 Å². The van der Waals surface area contributed by atoms with Gasteiger partial charge in [-0.2, -0.15) is 0 Å². The Bertz CT molecular complexity index is 439. The second kappa shape index (κ2) is 5.38. The lowest BCUT2D eigenvalue weighted by Gasteiger charge is -2.27. The zero-order valence-electron chi connectivity index (χ0n) is 10.6. The summed E-state index contributed by atoms with van der Waals surface area (Å²) in [4.78, 5) is 12.0. The number of rotatable bonds is 2. The summed E-state index contributed by atoms with van der Waals surface area (Å²) < 4.78 is 13.5. The minimum absolute atomic E-state index is 0.0358. The second-order valence-electron chi connectivity index (χ2n) is 5.17. The van der Waals surface area contributed by atoms with Gasteiger partial charge in [0.15, 0.2) is 0 Å². The van der Waals surface area contributed by atoms with Crippen molar-refractivity contribution in [3.05, 3.63) is 29.6 Å². The monoisotopic (exact) mass is 250 g/mol. The maximum absolute atomic E-state index is 13.5. The summed E-state index contributed by atoms with van der Waals surface area (Å²) in [5.41, 5.74) is 6.01. The Hall–Kier alpha value is -1.58. The number of nitrogen functional groups attached to an aromatic ring is 1. The third kappa shape index (κ3) is 3.00. The molecule has 98 valence electrons. The van der Waals surface area contributed by atoms with E-state index in [1.165, 1.54) is 18.2 Å². The predicted octanol–water partition coefficient (Wildman–Crippen LogP) is 2.72. The number of hydrogen-bond acceptors (Lipinski definition) is 2. The van der Waals surface area contributed by atoms with Crippen molar-refractivity contribution >= 4 is 11.6 Å². The number of benzene rings is 1. The molecule has 0 unspecified atom stereocenters. The van der Waals surface area contributed by atoms with Crippen LogP contribution >= 0.6 is 0 Å². The Morgan fingerprint density at radius 2 is 2.00 bits per heavy atom. The fourth-order valence-electron chi connectivity index (χ4n) is 2.38. The summed E-state index contributed by atoms with van der Waals surface area (Å²) in [5.74, 6) is -0.160. The molecule has 1 fully saturated rings. The van der Waals surface area contributed by atoms with Crippen molar-refractivity contribution in [2.45, 2.75) is 38.6 Å². The van der Waals surface area contributed by atoms with E-state index in [1.54, 1.807) is 0 Å². The van der Waals surface area contributed by atoms with Crippen LogP contribution in [-0.4, -0.2) is 11.9 Å². The largest absolute Gasteiger partial charge is 0.399 e. The molecule has 1 aliphatic rings. The first-order chi connectivity index (χ1) is 8.56. The Labute approximate surface area is 107 Å². The van der Waals surface area contributed by atoms with E-state index in [9.17, 15) is 9.18 Å². The quantitative estimate of drug-likeness (QED) is 0.793. The highest BCUT2D eigenvalue weighted by Crippen LogP contribution is 2.24. The number of carbonyl (C=O) groups excluding carboxylic acids is 1. The number of halogens is 1. The molecule has 3 nitrogen and oxygen atoms in total. The standard InChI is InChI=1S/C14H19FN2O/c1-9-2-5-11(6-3-9)17-14(18)12-8-10(16)4-7-13(12)15/h4,7-9,11H,2-3,5-6,16H2,1H3,(H,17,18). The molecule has 0 aromatic heterocycles. The van der Waals surface area contributed by atoms with E-state index in [0.717, 1.165) is 31.6 Å². The molecule has 0 spiro atoms. The van der Waals surface area contributed by atoms with Crippen molar-refractivity contribution < 1.29 is 9.18 Å². The molecule has 2 rings (SSSR count). The first-order valence-corrected chi connectivity index (χ1v) is 6.42. The number of nitrogens with two attached hydrogens (primary N) is 1. The normalized spacial score (nSPS) is 23.7.